The van der Waals surface area contributed by atoms with Crippen molar-refractivity contribution in [3.05, 3.63) is 17.5 Å². The SMILES string of the molecule is Cc1cn[nH]c1C(C)(C)CN. The number of nitrogens with two attached hydrogens (primary N) is 1. The molecule has 0 fully saturated rings. The van der Waals surface area contributed by atoms with Crippen LogP contribution in [0.2, 0.25) is 0 Å². The van der Waals surface area contributed by atoms with Crippen LogP contribution in [0.1, 0.15) is 25.1 Å². The number of hydrogen-bond acceptors (Lipinski definition) is 2. The minimum atomic E-state index is 0.0145. The second-order valence-corrected chi connectivity index (χ2v) is 3.52. The molecule has 0 aromatic carbocycles. The Hall–Kier alpha value is -0.830. The van der Waals surface area contributed by atoms with Gasteiger partial charge >= 0.3 is 0 Å². The first-order chi connectivity index (χ1) is 5.08. The molecule has 0 aliphatic heterocycles. The molecule has 11 heavy (non-hydrogen) atoms. The summed E-state index contributed by atoms with van der Waals surface area (Å²) in [5.41, 5.74) is 7.95. The van der Waals surface area contributed by atoms with Crippen molar-refractivity contribution in [1.82, 2.24) is 10.2 Å². The number of nitrogens with zero attached hydrogens (tertiary/aromatic N) is 1. The number of aryl methyl sites for hydroxylation is 1. The number of rotatable bonds is 2. The van der Waals surface area contributed by atoms with Gasteiger partial charge in [-0.2, -0.15) is 5.10 Å². The first-order valence-electron chi connectivity index (χ1n) is 3.78. The second-order valence-electron chi connectivity index (χ2n) is 3.52. The summed E-state index contributed by atoms with van der Waals surface area (Å²) in [6.45, 7) is 6.88. The summed E-state index contributed by atoms with van der Waals surface area (Å²) in [7, 11) is 0. The summed E-state index contributed by atoms with van der Waals surface area (Å²) in [5.74, 6) is 0. The fourth-order valence-electron chi connectivity index (χ4n) is 1.13. The topological polar surface area (TPSA) is 54.7 Å². The lowest BCUT2D eigenvalue weighted by Gasteiger charge is -2.21. The van der Waals surface area contributed by atoms with E-state index in [1.165, 1.54) is 5.56 Å². The summed E-state index contributed by atoms with van der Waals surface area (Å²) in [6.07, 6.45) is 1.83. The zero-order valence-corrected chi connectivity index (χ0v) is 7.31. The number of hydrogen-bond donors (Lipinski definition) is 2. The predicted octanol–water partition coefficient (Wildman–Crippen LogP) is 0.954. The normalized spacial score (nSPS) is 12.0. The Bertz CT molecular complexity index is 237. The Kier molecular flexibility index (Phi) is 2.00. The van der Waals surface area contributed by atoms with Crippen LogP contribution < -0.4 is 5.73 Å². The molecule has 0 aliphatic rings. The maximum atomic E-state index is 5.62. The van der Waals surface area contributed by atoms with Gasteiger partial charge in [-0.3, -0.25) is 5.10 Å². The molecule has 1 aromatic rings. The van der Waals surface area contributed by atoms with Crippen LogP contribution >= 0.6 is 0 Å². The van der Waals surface area contributed by atoms with E-state index in [4.69, 9.17) is 5.73 Å². The van der Waals surface area contributed by atoms with Gasteiger partial charge in [-0.25, -0.2) is 0 Å². The summed E-state index contributed by atoms with van der Waals surface area (Å²) in [6, 6.07) is 0. The molecule has 0 saturated heterocycles. The van der Waals surface area contributed by atoms with E-state index in [1.54, 1.807) is 0 Å². The van der Waals surface area contributed by atoms with E-state index in [0.29, 0.717) is 6.54 Å². The van der Waals surface area contributed by atoms with Crippen LogP contribution in [-0.4, -0.2) is 16.7 Å². The molecule has 1 rings (SSSR count). The molecule has 0 spiro atoms. The van der Waals surface area contributed by atoms with E-state index < -0.39 is 0 Å². The van der Waals surface area contributed by atoms with Crippen molar-refractivity contribution in [1.29, 1.82) is 0 Å². The smallest absolute Gasteiger partial charge is 0.0519 e. The fourth-order valence-corrected chi connectivity index (χ4v) is 1.13. The fraction of sp³-hybridized carbons (Fsp3) is 0.625. The summed E-state index contributed by atoms with van der Waals surface area (Å²) in [4.78, 5) is 0. The van der Waals surface area contributed by atoms with E-state index in [-0.39, 0.29) is 5.41 Å². The number of aromatic amines is 1. The Morgan fingerprint density at radius 2 is 2.27 bits per heavy atom. The highest BCUT2D eigenvalue weighted by Crippen LogP contribution is 2.21. The summed E-state index contributed by atoms with van der Waals surface area (Å²) in [5, 5.41) is 6.92. The standard InChI is InChI=1S/C8H15N3/c1-6-4-10-11-7(6)8(2,3)5-9/h4H,5,9H2,1-3H3,(H,10,11). The lowest BCUT2D eigenvalue weighted by molar-refractivity contribution is 0.517. The second kappa shape index (κ2) is 2.66. The van der Waals surface area contributed by atoms with Crippen molar-refractivity contribution in [2.45, 2.75) is 26.2 Å². The van der Waals surface area contributed by atoms with Crippen LogP contribution in [0, 0.1) is 6.92 Å². The maximum Gasteiger partial charge on any atom is 0.0519 e. The average molecular weight is 153 g/mol. The van der Waals surface area contributed by atoms with Crippen LogP contribution in [0.3, 0.4) is 0 Å². The molecule has 0 aliphatic carbocycles. The minimum Gasteiger partial charge on any atom is -0.330 e. The number of aromatic nitrogens is 2. The molecule has 1 aromatic heterocycles. The van der Waals surface area contributed by atoms with Gasteiger partial charge in [0.15, 0.2) is 0 Å². The number of nitrogens with one attached hydrogen (secondary N) is 1. The van der Waals surface area contributed by atoms with E-state index in [2.05, 4.69) is 24.0 Å². The van der Waals surface area contributed by atoms with Crippen molar-refractivity contribution in [3.63, 3.8) is 0 Å². The molecule has 0 radical (unpaired) electrons. The highest BCUT2D eigenvalue weighted by molar-refractivity contribution is 5.22. The van der Waals surface area contributed by atoms with E-state index in [0.717, 1.165) is 5.69 Å². The zero-order chi connectivity index (χ0) is 8.48. The minimum absolute atomic E-state index is 0.0145. The molecule has 0 saturated carbocycles. The van der Waals surface area contributed by atoms with Crippen molar-refractivity contribution in [3.8, 4) is 0 Å². The molecule has 0 atom stereocenters. The van der Waals surface area contributed by atoms with Crippen LogP contribution in [0.4, 0.5) is 0 Å². The maximum absolute atomic E-state index is 5.62. The van der Waals surface area contributed by atoms with Gasteiger partial charge in [-0.15, -0.1) is 0 Å². The molecule has 1 heterocycles. The van der Waals surface area contributed by atoms with Crippen LogP contribution in [-0.2, 0) is 5.41 Å². The first-order valence-corrected chi connectivity index (χ1v) is 3.78. The van der Waals surface area contributed by atoms with Crippen LogP contribution in [0.15, 0.2) is 6.20 Å². The Morgan fingerprint density at radius 3 is 2.64 bits per heavy atom. The van der Waals surface area contributed by atoms with Gasteiger partial charge in [0.05, 0.1) is 6.20 Å². The van der Waals surface area contributed by atoms with Crippen LogP contribution in [0.5, 0.6) is 0 Å². The average Bonchev–Trinajstić information content (AvgIpc) is 2.36. The molecule has 0 unspecified atom stereocenters. The molecular weight excluding hydrogens is 138 g/mol. The molecular formula is C8H15N3. The van der Waals surface area contributed by atoms with E-state index in [9.17, 15) is 0 Å². The van der Waals surface area contributed by atoms with Crippen molar-refractivity contribution in [2.24, 2.45) is 5.73 Å². The molecule has 0 bridgehead atoms. The van der Waals surface area contributed by atoms with Gasteiger partial charge in [0.25, 0.3) is 0 Å². The Morgan fingerprint density at radius 1 is 1.64 bits per heavy atom. The third-order valence-electron chi connectivity index (χ3n) is 2.02. The number of H-pyrrole nitrogens is 1. The molecule has 62 valence electrons. The third kappa shape index (κ3) is 1.43. The van der Waals surface area contributed by atoms with Gasteiger partial charge in [0, 0.05) is 17.7 Å². The molecule has 0 amide bonds. The monoisotopic (exact) mass is 153 g/mol. The van der Waals surface area contributed by atoms with Gasteiger partial charge in [0.1, 0.15) is 0 Å². The van der Waals surface area contributed by atoms with Crippen molar-refractivity contribution in [2.75, 3.05) is 6.54 Å². The summed E-state index contributed by atoms with van der Waals surface area (Å²) < 4.78 is 0. The lowest BCUT2D eigenvalue weighted by atomic mass is 9.88. The van der Waals surface area contributed by atoms with Crippen molar-refractivity contribution < 1.29 is 0 Å². The van der Waals surface area contributed by atoms with Gasteiger partial charge in [-0.1, -0.05) is 13.8 Å². The van der Waals surface area contributed by atoms with E-state index >= 15 is 0 Å². The predicted molar refractivity (Wildman–Crippen MR) is 45.4 cm³/mol. The highest BCUT2D eigenvalue weighted by atomic mass is 15.1. The first kappa shape index (κ1) is 8.27. The molecule has 3 N–H and O–H groups in total. The summed E-state index contributed by atoms with van der Waals surface area (Å²) >= 11 is 0. The van der Waals surface area contributed by atoms with E-state index in [1.807, 2.05) is 13.1 Å². The largest absolute Gasteiger partial charge is 0.330 e. The quantitative estimate of drug-likeness (QED) is 0.664. The highest BCUT2D eigenvalue weighted by Gasteiger charge is 2.21. The third-order valence-corrected chi connectivity index (χ3v) is 2.02. The Labute approximate surface area is 67.0 Å². The molecule has 3 nitrogen and oxygen atoms in total. The van der Waals surface area contributed by atoms with Gasteiger partial charge in [0.2, 0.25) is 0 Å². The zero-order valence-electron chi connectivity index (χ0n) is 7.31. The van der Waals surface area contributed by atoms with Crippen molar-refractivity contribution >= 4 is 0 Å². The molecule has 3 heteroatoms. The lowest BCUT2D eigenvalue weighted by Crippen LogP contribution is -2.29. The van der Waals surface area contributed by atoms with Crippen LogP contribution in [0.25, 0.3) is 0 Å². The van der Waals surface area contributed by atoms with Gasteiger partial charge < -0.3 is 5.73 Å². The van der Waals surface area contributed by atoms with Gasteiger partial charge in [-0.05, 0) is 12.5 Å². The Balaban J connectivity index is 3.00.